The quantitative estimate of drug-likeness (QED) is 0.824. The van der Waals surface area contributed by atoms with Crippen molar-refractivity contribution < 1.29 is 4.74 Å². The van der Waals surface area contributed by atoms with E-state index in [9.17, 15) is 0 Å². The highest BCUT2D eigenvalue weighted by molar-refractivity contribution is 5.44. The van der Waals surface area contributed by atoms with Crippen molar-refractivity contribution in [2.75, 3.05) is 13.7 Å². The van der Waals surface area contributed by atoms with Gasteiger partial charge in [0, 0.05) is 5.56 Å². The van der Waals surface area contributed by atoms with Crippen LogP contribution in [0.15, 0.2) is 18.2 Å². The molecule has 0 saturated heterocycles. The highest BCUT2D eigenvalue weighted by Gasteiger charge is 2.15. The maximum absolute atomic E-state index is 5.72. The first kappa shape index (κ1) is 12.1. The van der Waals surface area contributed by atoms with E-state index in [-0.39, 0.29) is 0 Å². The fourth-order valence-electron chi connectivity index (χ4n) is 1.91. The van der Waals surface area contributed by atoms with Gasteiger partial charge in [-0.2, -0.15) is 0 Å². The monoisotopic (exact) mass is 207 g/mol. The van der Waals surface area contributed by atoms with Crippen LogP contribution in [-0.4, -0.2) is 13.7 Å². The van der Waals surface area contributed by atoms with Crippen LogP contribution in [0.5, 0.6) is 5.75 Å². The van der Waals surface area contributed by atoms with Gasteiger partial charge in [-0.1, -0.05) is 32.9 Å². The lowest BCUT2D eigenvalue weighted by Gasteiger charge is -2.20. The van der Waals surface area contributed by atoms with E-state index in [0.29, 0.717) is 18.4 Å². The minimum absolute atomic E-state index is 0.387. The average Bonchev–Trinajstić information content (AvgIpc) is 2.26. The van der Waals surface area contributed by atoms with Crippen molar-refractivity contribution in [3.63, 3.8) is 0 Å². The molecule has 1 aromatic rings. The fraction of sp³-hybridized carbons (Fsp3) is 0.538. The molecule has 2 nitrogen and oxygen atoms in total. The minimum Gasteiger partial charge on any atom is -0.496 e. The van der Waals surface area contributed by atoms with E-state index in [0.717, 1.165) is 5.75 Å². The smallest absolute Gasteiger partial charge is 0.122 e. The second-order valence-corrected chi connectivity index (χ2v) is 4.25. The second kappa shape index (κ2) is 5.17. The Morgan fingerprint density at radius 3 is 2.40 bits per heavy atom. The number of rotatable bonds is 4. The van der Waals surface area contributed by atoms with Gasteiger partial charge < -0.3 is 10.5 Å². The molecule has 2 heteroatoms. The topological polar surface area (TPSA) is 35.2 Å². The van der Waals surface area contributed by atoms with Crippen LogP contribution in [0.3, 0.4) is 0 Å². The van der Waals surface area contributed by atoms with E-state index < -0.39 is 0 Å². The first-order valence-corrected chi connectivity index (χ1v) is 5.48. The van der Waals surface area contributed by atoms with Gasteiger partial charge in [0.1, 0.15) is 5.75 Å². The van der Waals surface area contributed by atoms with E-state index in [1.807, 2.05) is 12.1 Å². The predicted octanol–water partition coefficient (Wildman–Crippen LogP) is 2.88. The summed E-state index contributed by atoms with van der Waals surface area (Å²) in [4.78, 5) is 0. The largest absolute Gasteiger partial charge is 0.496 e. The number of hydrogen-bond acceptors (Lipinski definition) is 2. The summed E-state index contributed by atoms with van der Waals surface area (Å²) < 4.78 is 5.40. The van der Waals surface area contributed by atoms with Gasteiger partial charge in [-0.05, 0) is 30.0 Å². The minimum atomic E-state index is 0.387. The molecule has 1 aromatic carbocycles. The highest BCUT2D eigenvalue weighted by Crippen LogP contribution is 2.33. The van der Waals surface area contributed by atoms with Crippen molar-refractivity contribution in [1.29, 1.82) is 0 Å². The summed E-state index contributed by atoms with van der Waals surface area (Å²) in [7, 11) is 1.72. The Hall–Kier alpha value is -1.02. The van der Waals surface area contributed by atoms with Gasteiger partial charge in [-0.15, -0.1) is 0 Å². The van der Waals surface area contributed by atoms with Crippen LogP contribution in [0.2, 0.25) is 0 Å². The van der Waals surface area contributed by atoms with Gasteiger partial charge in [-0.25, -0.2) is 0 Å². The molecule has 0 radical (unpaired) electrons. The summed E-state index contributed by atoms with van der Waals surface area (Å²) in [6.45, 7) is 7.20. The van der Waals surface area contributed by atoms with Crippen molar-refractivity contribution in [2.24, 2.45) is 5.73 Å². The molecule has 0 spiro atoms. The maximum atomic E-state index is 5.72. The van der Waals surface area contributed by atoms with E-state index in [1.165, 1.54) is 11.1 Å². The van der Waals surface area contributed by atoms with Gasteiger partial charge in [0.15, 0.2) is 0 Å². The fourth-order valence-corrected chi connectivity index (χ4v) is 1.91. The normalized spacial score (nSPS) is 12.9. The molecule has 0 saturated carbocycles. The van der Waals surface area contributed by atoms with E-state index in [2.05, 4.69) is 26.8 Å². The number of hydrogen-bond donors (Lipinski definition) is 1. The molecule has 0 amide bonds. The zero-order valence-electron chi connectivity index (χ0n) is 10.1. The van der Waals surface area contributed by atoms with Crippen LogP contribution in [0.4, 0.5) is 0 Å². The molecule has 1 rings (SSSR count). The SMILES string of the molecule is COc1cccc(C(C)CN)c1C(C)C. The highest BCUT2D eigenvalue weighted by atomic mass is 16.5. The Kier molecular flexibility index (Phi) is 4.15. The van der Waals surface area contributed by atoms with Crippen LogP contribution in [-0.2, 0) is 0 Å². The van der Waals surface area contributed by atoms with E-state index in [1.54, 1.807) is 7.11 Å². The Morgan fingerprint density at radius 1 is 1.27 bits per heavy atom. The summed E-state index contributed by atoms with van der Waals surface area (Å²) in [5.41, 5.74) is 8.33. The zero-order chi connectivity index (χ0) is 11.4. The van der Waals surface area contributed by atoms with Gasteiger partial charge >= 0.3 is 0 Å². The number of nitrogens with two attached hydrogens (primary N) is 1. The Labute approximate surface area is 92.4 Å². The van der Waals surface area contributed by atoms with Crippen molar-refractivity contribution in [3.05, 3.63) is 29.3 Å². The van der Waals surface area contributed by atoms with Crippen molar-refractivity contribution in [2.45, 2.75) is 32.6 Å². The third kappa shape index (κ3) is 2.51. The molecular weight excluding hydrogens is 186 g/mol. The summed E-state index contributed by atoms with van der Waals surface area (Å²) >= 11 is 0. The lowest BCUT2D eigenvalue weighted by atomic mass is 9.89. The molecule has 0 aliphatic carbocycles. The molecule has 0 aliphatic heterocycles. The first-order valence-electron chi connectivity index (χ1n) is 5.48. The third-order valence-electron chi connectivity index (χ3n) is 2.78. The Morgan fingerprint density at radius 2 is 1.93 bits per heavy atom. The first-order chi connectivity index (χ1) is 7.11. The molecule has 1 unspecified atom stereocenters. The number of ether oxygens (including phenoxy) is 1. The molecule has 0 fully saturated rings. The lowest BCUT2D eigenvalue weighted by molar-refractivity contribution is 0.406. The summed E-state index contributed by atoms with van der Waals surface area (Å²) in [5.74, 6) is 1.82. The Balaban J connectivity index is 3.25. The molecule has 1 atom stereocenters. The molecule has 0 aliphatic rings. The number of benzene rings is 1. The lowest BCUT2D eigenvalue weighted by Crippen LogP contribution is -2.12. The summed E-state index contributed by atoms with van der Waals surface area (Å²) in [5, 5.41) is 0. The van der Waals surface area contributed by atoms with Crippen LogP contribution in [0.1, 0.15) is 43.7 Å². The van der Waals surface area contributed by atoms with Crippen LogP contribution >= 0.6 is 0 Å². The van der Waals surface area contributed by atoms with Crippen LogP contribution in [0.25, 0.3) is 0 Å². The maximum Gasteiger partial charge on any atom is 0.122 e. The second-order valence-electron chi connectivity index (χ2n) is 4.25. The standard InChI is InChI=1S/C13H21NO/c1-9(2)13-11(10(3)8-14)6-5-7-12(13)15-4/h5-7,9-10H,8,14H2,1-4H3. The molecule has 2 N–H and O–H groups in total. The summed E-state index contributed by atoms with van der Waals surface area (Å²) in [6.07, 6.45) is 0. The molecule has 84 valence electrons. The molecular formula is C13H21NO. The van der Waals surface area contributed by atoms with Crippen LogP contribution < -0.4 is 10.5 Å². The average molecular weight is 207 g/mol. The van der Waals surface area contributed by atoms with Crippen molar-refractivity contribution in [3.8, 4) is 5.75 Å². The van der Waals surface area contributed by atoms with Crippen LogP contribution in [0, 0.1) is 0 Å². The Bertz CT molecular complexity index is 320. The zero-order valence-corrected chi connectivity index (χ0v) is 10.1. The third-order valence-corrected chi connectivity index (χ3v) is 2.78. The van der Waals surface area contributed by atoms with Crippen molar-refractivity contribution in [1.82, 2.24) is 0 Å². The molecule has 0 aromatic heterocycles. The number of methoxy groups -OCH3 is 1. The van der Waals surface area contributed by atoms with Gasteiger partial charge in [-0.3, -0.25) is 0 Å². The summed E-state index contributed by atoms with van der Waals surface area (Å²) in [6, 6.07) is 6.20. The van der Waals surface area contributed by atoms with Gasteiger partial charge in [0.25, 0.3) is 0 Å². The van der Waals surface area contributed by atoms with E-state index >= 15 is 0 Å². The van der Waals surface area contributed by atoms with Crippen molar-refractivity contribution >= 4 is 0 Å². The predicted molar refractivity (Wildman–Crippen MR) is 64.6 cm³/mol. The molecule has 0 bridgehead atoms. The molecule has 15 heavy (non-hydrogen) atoms. The van der Waals surface area contributed by atoms with Gasteiger partial charge in [0.2, 0.25) is 0 Å². The van der Waals surface area contributed by atoms with Gasteiger partial charge in [0.05, 0.1) is 7.11 Å². The van der Waals surface area contributed by atoms with E-state index in [4.69, 9.17) is 10.5 Å². The molecule has 0 heterocycles.